The average Bonchev–Trinajstić information content (AvgIpc) is 3.59. The highest BCUT2D eigenvalue weighted by atomic mass is 16.5. The summed E-state index contributed by atoms with van der Waals surface area (Å²) >= 11 is 0. The number of rotatable bonds is 9. The number of benzene rings is 1. The Bertz CT molecular complexity index is 853. The quantitative estimate of drug-likeness (QED) is 0.439. The van der Waals surface area contributed by atoms with Crippen LogP contribution in [0.2, 0.25) is 0 Å². The second-order valence-corrected chi connectivity index (χ2v) is 7.05. The third-order valence-corrected chi connectivity index (χ3v) is 4.27. The standard InChI is InChI=1S/C23H27N3O3.C2H6/c1-4-6-20(16(2)3)25-14-5-7-21(27)29-22(23(28)26-19-12-13-19)18-10-8-17(15-24)9-11-18;1-2/h4-6,8-11,14,19,22,25H,7,12-13H2,1-3H3,(H,26,28);1-2H3/b6-4-,14-5+;. The number of hydrogen-bond acceptors (Lipinski definition) is 5. The maximum absolute atomic E-state index is 12.6. The molecular formula is C25H33N3O3. The number of allylic oxidation sites excluding steroid dienone is 3. The second kappa shape index (κ2) is 13.8. The number of carbonyl (C=O) groups excluding carboxylic acids is 2. The van der Waals surface area contributed by atoms with Crippen LogP contribution < -0.4 is 10.6 Å². The van der Waals surface area contributed by atoms with Gasteiger partial charge in [0.05, 0.1) is 18.1 Å². The molecule has 1 saturated carbocycles. The number of nitrogens with zero attached hydrogens (tertiary/aromatic N) is 1. The summed E-state index contributed by atoms with van der Waals surface area (Å²) in [6, 6.07) is 8.67. The molecule has 1 aromatic rings. The van der Waals surface area contributed by atoms with E-state index in [1.165, 1.54) is 0 Å². The predicted octanol–water partition coefficient (Wildman–Crippen LogP) is 4.81. The average molecular weight is 424 g/mol. The van der Waals surface area contributed by atoms with Gasteiger partial charge >= 0.3 is 5.97 Å². The largest absolute Gasteiger partial charge is 0.447 e. The third kappa shape index (κ3) is 9.35. The number of carbonyl (C=O) groups is 2. The Kier molecular flexibility index (Phi) is 11.5. The summed E-state index contributed by atoms with van der Waals surface area (Å²) in [6.45, 7) is 9.91. The van der Waals surface area contributed by atoms with Crippen molar-refractivity contribution in [3.63, 3.8) is 0 Å². The van der Waals surface area contributed by atoms with E-state index < -0.39 is 12.1 Å². The van der Waals surface area contributed by atoms with Gasteiger partial charge in [-0.1, -0.05) is 43.7 Å². The fraction of sp³-hybridized carbons (Fsp3) is 0.400. The molecule has 6 heteroatoms. The summed E-state index contributed by atoms with van der Waals surface area (Å²) in [5, 5.41) is 14.9. The molecule has 1 aliphatic carbocycles. The van der Waals surface area contributed by atoms with Gasteiger partial charge in [0.25, 0.3) is 5.91 Å². The second-order valence-electron chi connectivity index (χ2n) is 7.05. The molecule has 31 heavy (non-hydrogen) atoms. The lowest BCUT2D eigenvalue weighted by molar-refractivity contribution is -0.155. The van der Waals surface area contributed by atoms with Gasteiger partial charge < -0.3 is 15.4 Å². The molecule has 1 fully saturated rings. The van der Waals surface area contributed by atoms with Crippen molar-refractivity contribution in [3.05, 3.63) is 71.1 Å². The van der Waals surface area contributed by atoms with Gasteiger partial charge in [0, 0.05) is 17.3 Å². The molecular weight excluding hydrogens is 390 g/mol. The summed E-state index contributed by atoms with van der Waals surface area (Å²) in [5.41, 5.74) is 3.09. The van der Waals surface area contributed by atoms with Crippen LogP contribution in [-0.2, 0) is 14.3 Å². The Morgan fingerprint density at radius 3 is 2.39 bits per heavy atom. The van der Waals surface area contributed by atoms with Crippen molar-refractivity contribution in [2.75, 3.05) is 0 Å². The fourth-order valence-corrected chi connectivity index (χ4v) is 2.52. The molecule has 0 spiro atoms. The molecule has 2 rings (SSSR count). The molecule has 0 aliphatic heterocycles. The third-order valence-electron chi connectivity index (χ3n) is 4.27. The topological polar surface area (TPSA) is 91.2 Å². The van der Waals surface area contributed by atoms with Crippen LogP contribution in [0.1, 0.15) is 71.1 Å². The van der Waals surface area contributed by atoms with Crippen LogP contribution >= 0.6 is 0 Å². The van der Waals surface area contributed by atoms with Crippen molar-refractivity contribution in [1.82, 2.24) is 10.6 Å². The van der Waals surface area contributed by atoms with Gasteiger partial charge in [-0.25, -0.2) is 0 Å². The van der Waals surface area contributed by atoms with Crippen LogP contribution in [-0.4, -0.2) is 17.9 Å². The minimum Gasteiger partial charge on any atom is -0.447 e. The maximum atomic E-state index is 12.6. The molecule has 1 atom stereocenters. The van der Waals surface area contributed by atoms with Gasteiger partial charge in [0.15, 0.2) is 0 Å². The lowest BCUT2D eigenvalue weighted by Gasteiger charge is -2.17. The zero-order valence-corrected chi connectivity index (χ0v) is 19.1. The van der Waals surface area contributed by atoms with Crippen LogP contribution in [0.3, 0.4) is 0 Å². The monoisotopic (exact) mass is 423 g/mol. The van der Waals surface area contributed by atoms with Gasteiger partial charge in [-0.05, 0) is 58.0 Å². The number of hydrogen-bond donors (Lipinski definition) is 2. The van der Waals surface area contributed by atoms with Crippen molar-refractivity contribution >= 4 is 11.9 Å². The maximum Gasteiger partial charge on any atom is 0.310 e. The first-order valence-electron chi connectivity index (χ1n) is 10.7. The van der Waals surface area contributed by atoms with Crippen molar-refractivity contribution < 1.29 is 14.3 Å². The lowest BCUT2D eigenvalue weighted by atomic mass is 10.1. The Hall–Kier alpha value is -3.33. The van der Waals surface area contributed by atoms with E-state index in [1.54, 1.807) is 36.5 Å². The van der Waals surface area contributed by atoms with Gasteiger partial charge in [-0.3, -0.25) is 9.59 Å². The molecule has 0 heterocycles. The van der Waals surface area contributed by atoms with E-state index in [1.807, 2.05) is 52.8 Å². The minimum atomic E-state index is -1.03. The first kappa shape index (κ1) is 25.7. The zero-order valence-electron chi connectivity index (χ0n) is 19.1. The van der Waals surface area contributed by atoms with E-state index in [9.17, 15) is 9.59 Å². The van der Waals surface area contributed by atoms with Gasteiger partial charge in [0.1, 0.15) is 0 Å². The van der Waals surface area contributed by atoms with Crippen molar-refractivity contribution in [2.24, 2.45) is 0 Å². The number of ether oxygens (including phenoxy) is 1. The number of nitrogens with one attached hydrogen (secondary N) is 2. The predicted molar refractivity (Wildman–Crippen MR) is 123 cm³/mol. The normalized spacial score (nSPS) is 13.5. The Labute approximate surface area is 185 Å². The van der Waals surface area contributed by atoms with E-state index >= 15 is 0 Å². The molecule has 1 unspecified atom stereocenters. The molecule has 1 amide bonds. The SMILES string of the molecule is C/C=C\C(N/C=C/CC(=O)OC(C(=O)NC1CC1)c1ccc(C#N)cc1)=C(C)C.CC. The van der Waals surface area contributed by atoms with Gasteiger partial charge in [-0.2, -0.15) is 5.26 Å². The molecule has 2 N–H and O–H groups in total. The molecule has 166 valence electrons. The van der Waals surface area contributed by atoms with Crippen molar-refractivity contribution in [2.45, 2.75) is 66.0 Å². The van der Waals surface area contributed by atoms with Crippen molar-refractivity contribution in [3.8, 4) is 6.07 Å². The van der Waals surface area contributed by atoms with E-state index in [0.29, 0.717) is 11.1 Å². The van der Waals surface area contributed by atoms with Crippen LogP contribution in [0.25, 0.3) is 0 Å². The highest BCUT2D eigenvalue weighted by Gasteiger charge is 2.30. The first-order valence-corrected chi connectivity index (χ1v) is 10.7. The van der Waals surface area contributed by atoms with Crippen molar-refractivity contribution in [1.29, 1.82) is 5.26 Å². The van der Waals surface area contributed by atoms with Crippen LogP contribution in [0, 0.1) is 11.3 Å². The molecule has 6 nitrogen and oxygen atoms in total. The first-order chi connectivity index (χ1) is 14.9. The van der Waals surface area contributed by atoms with E-state index in [4.69, 9.17) is 10.00 Å². The zero-order chi connectivity index (χ0) is 23.2. The number of amides is 1. The summed E-state index contributed by atoms with van der Waals surface area (Å²) in [7, 11) is 0. The number of esters is 1. The molecule has 0 radical (unpaired) electrons. The molecule has 1 aromatic carbocycles. The summed E-state index contributed by atoms with van der Waals surface area (Å²) in [6.07, 6.45) is 8.09. The molecule has 0 saturated heterocycles. The molecule has 1 aliphatic rings. The van der Waals surface area contributed by atoms with E-state index in [0.717, 1.165) is 24.1 Å². The van der Waals surface area contributed by atoms with Crippen LogP contribution in [0.15, 0.2) is 60.0 Å². The summed E-state index contributed by atoms with van der Waals surface area (Å²) in [5.74, 6) is -0.847. The van der Waals surface area contributed by atoms with Crippen LogP contribution in [0.4, 0.5) is 0 Å². The highest BCUT2D eigenvalue weighted by molar-refractivity contribution is 5.85. The summed E-state index contributed by atoms with van der Waals surface area (Å²) < 4.78 is 5.46. The minimum absolute atomic E-state index is 0.0301. The Balaban J connectivity index is 0.00000233. The Morgan fingerprint density at radius 1 is 1.23 bits per heavy atom. The van der Waals surface area contributed by atoms with Gasteiger partial charge in [-0.15, -0.1) is 0 Å². The smallest absolute Gasteiger partial charge is 0.310 e. The van der Waals surface area contributed by atoms with E-state index in [2.05, 4.69) is 10.6 Å². The Morgan fingerprint density at radius 2 is 1.87 bits per heavy atom. The van der Waals surface area contributed by atoms with Gasteiger partial charge in [0.2, 0.25) is 6.10 Å². The lowest BCUT2D eigenvalue weighted by Crippen LogP contribution is -2.33. The number of nitriles is 1. The highest BCUT2D eigenvalue weighted by Crippen LogP contribution is 2.24. The summed E-state index contributed by atoms with van der Waals surface area (Å²) in [4.78, 5) is 24.9. The molecule has 0 aromatic heterocycles. The van der Waals surface area contributed by atoms with E-state index in [-0.39, 0.29) is 18.4 Å². The fourth-order valence-electron chi connectivity index (χ4n) is 2.52. The molecule has 0 bridgehead atoms. The van der Waals surface area contributed by atoms with Crippen LogP contribution in [0.5, 0.6) is 0 Å².